The minimum atomic E-state index is -0.122. The van der Waals surface area contributed by atoms with Crippen LogP contribution in [0.25, 0.3) is 0 Å². The fraction of sp³-hybridized carbons (Fsp3) is 0.273. The van der Waals surface area contributed by atoms with Crippen molar-refractivity contribution in [2.24, 2.45) is 0 Å². The lowest BCUT2D eigenvalue weighted by Gasteiger charge is -2.35. The van der Waals surface area contributed by atoms with Crippen LogP contribution < -0.4 is 0 Å². The van der Waals surface area contributed by atoms with Gasteiger partial charge in [-0.15, -0.1) is 22.7 Å². The quantitative estimate of drug-likeness (QED) is 0.408. The van der Waals surface area contributed by atoms with E-state index < -0.39 is 0 Å². The second kappa shape index (κ2) is 8.72. The minimum absolute atomic E-state index is 0.0224. The summed E-state index contributed by atoms with van der Waals surface area (Å²) in [5.41, 5.74) is 2.57. The van der Waals surface area contributed by atoms with Crippen molar-refractivity contribution in [1.82, 2.24) is 9.88 Å². The maximum absolute atomic E-state index is 13.2. The molecule has 1 aliphatic heterocycles. The topological polar surface area (TPSA) is 74.1 Å². The highest BCUT2D eigenvalue weighted by atomic mass is 32.2. The summed E-state index contributed by atoms with van der Waals surface area (Å²) in [7, 11) is 0. The summed E-state index contributed by atoms with van der Waals surface area (Å²) < 4.78 is 0. The zero-order chi connectivity index (χ0) is 21.3. The Hall–Kier alpha value is -2.47. The Morgan fingerprint density at radius 2 is 2.17 bits per heavy atom. The first-order chi connectivity index (χ1) is 14.5. The molecule has 0 unspecified atom stereocenters. The number of aryl methyl sites for hydroxylation is 1. The molecular weight excluding hydrogens is 434 g/mol. The van der Waals surface area contributed by atoms with E-state index in [4.69, 9.17) is 0 Å². The van der Waals surface area contributed by atoms with Gasteiger partial charge < -0.3 is 4.90 Å². The van der Waals surface area contributed by atoms with E-state index in [9.17, 15) is 14.9 Å². The van der Waals surface area contributed by atoms with E-state index in [2.05, 4.69) is 28.6 Å². The number of pyridine rings is 1. The van der Waals surface area contributed by atoms with E-state index >= 15 is 0 Å². The van der Waals surface area contributed by atoms with Crippen LogP contribution in [-0.2, 0) is 11.2 Å². The minimum Gasteiger partial charge on any atom is -0.330 e. The first kappa shape index (κ1) is 20.8. The van der Waals surface area contributed by atoms with Crippen LogP contribution in [0.2, 0.25) is 0 Å². The van der Waals surface area contributed by atoms with Gasteiger partial charge in [-0.05, 0) is 54.8 Å². The lowest BCUT2D eigenvalue weighted by molar-refractivity contribution is -0.130. The van der Waals surface area contributed by atoms with Crippen LogP contribution in [-0.4, -0.2) is 33.9 Å². The summed E-state index contributed by atoms with van der Waals surface area (Å²) in [6.45, 7) is 3.89. The van der Waals surface area contributed by atoms with Crippen LogP contribution in [0.4, 0.5) is 0 Å². The number of amides is 1. The molecule has 5 nitrogen and oxygen atoms in total. The number of carbonyl (C=O) groups is 2. The average Bonchev–Trinajstić information content (AvgIpc) is 3.42. The van der Waals surface area contributed by atoms with Crippen molar-refractivity contribution in [3.8, 4) is 6.07 Å². The number of rotatable bonds is 5. The molecule has 8 heteroatoms. The molecule has 0 saturated heterocycles. The molecule has 0 aliphatic carbocycles. The van der Waals surface area contributed by atoms with Gasteiger partial charge >= 0.3 is 0 Å². The summed E-state index contributed by atoms with van der Waals surface area (Å²) in [6, 6.07) is 9.84. The number of aromatic nitrogens is 1. The molecule has 1 amide bonds. The van der Waals surface area contributed by atoms with Gasteiger partial charge in [0.1, 0.15) is 11.1 Å². The first-order valence-electron chi connectivity index (χ1n) is 9.44. The highest BCUT2D eigenvalue weighted by Crippen LogP contribution is 2.40. The Balaban J connectivity index is 1.57. The standard InChI is InChI=1S/C22H19N3O2S3/c1-13-17(14(2)26)10-15(11-23)22(24-13)30-12-20(27)25-7-5-18-16(6-9-29-18)21(25)19-4-3-8-28-19/h3-4,6,8-10,21H,5,7,12H2,1-2H3/t21-/m1/s1. The van der Waals surface area contributed by atoms with E-state index in [1.165, 1.54) is 29.1 Å². The molecule has 4 heterocycles. The van der Waals surface area contributed by atoms with E-state index in [1.54, 1.807) is 35.7 Å². The normalized spacial score (nSPS) is 15.5. The third-order valence-corrected chi connectivity index (χ3v) is 8.01. The number of hydrogen-bond acceptors (Lipinski definition) is 7. The van der Waals surface area contributed by atoms with Crippen molar-refractivity contribution in [2.75, 3.05) is 12.3 Å². The van der Waals surface area contributed by atoms with Crippen molar-refractivity contribution >= 4 is 46.1 Å². The number of nitrogens with zero attached hydrogens (tertiary/aromatic N) is 3. The molecule has 1 aliphatic rings. The number of thiophene rings is 2. The van der Waals surface area contributed by atoms with Gasteiger partial charge in [-0.2, -0.15) is 5.26 Å². The Morgan fingerprint density at radius 1 is 1.33 bits per heavy atom. The van der Waals surface area contributed by atoms with Crippen LogP contribution in [0, 0.1) is 18.3 Å². The molecule has 0 N–H and O–H groups in total. The summed E-state index contributed by atoms with van der Waals surface area (Å²) >= 11 is 4.67. The second-order valence-corrected chi connectivity index (χ2v) is 9.93. The summed E-state index contributed by atoms with van der Waals surface area (Å²) in [6.07, 6.45) is 0.861. The van der Waals surface area contributed by atoms with Crippen LogP contribution >= 0.6 is 34.4 Å². The van der Waals surface area contributed by atoms with Crippen LogP contribution in [0.5, 0.6) is 0 Å². The summed E-state index contributed by atoms with van der Waals surface area (Å²) in [5, 5.41) is 14.1. The van der Waals surface area contributed by atoms with Crippen LogP contribution in [0.3, 0.4) is 0 Å². The zero-order valence-electron chi connectivity index (χ0n) is 16.5. The lowest BCUT2D eigenvalue weighted by Crippen LogP contribution is -2.40. The van der Waals surface area contributed by atoms with Crippen molar-refractivity contribution in [1.29, 1.82) is 5.26 Å². The number of nitriles is 1. The van der Waals surface area contributed by atoms with Crippen molar-refractivity contribution in [3.05, 3.63) is 67.2 Å². The monoisotopic (exact) mass is 453 g/mol. The van der Waals surface area contributed by atoms with Crippen LogP contribution in [0.15, 0.2) is 40.1 Å². The molecule has 0 spiro atoms. The predicted molar refractivity (Wildman–Crippen MR) is 120 cm³/mol. The van der Waals surface area contributed by atoms with E-state index in [0.29, 0.717) is 28.4 Å². The van der Waals surface area contributed by atoms with E-state index in [1.807, 2.05) is 16.3 Å². The lowest BCUT2D eigenvalue weighted by atomic mass is 9.98. The van der Waals surface area contributed by atoms with Gasteiger partial charge in [-0.25, -0.2) is 4.98 Å². The summed E-state index contributed by atoms with van der Waals surface area (Å²) in [5.74, 6) is 0.0963. The van der Waals surface area contributed by atoms with Gasteiger partial charge in [0.2, 0.25) is 5.91 Å². The second-order valence-electron chi connectivity index (χ2n) is 6.98. The number of thioether (sulfide) groups is 1. The molecule has 0 radical (unpaired) electrons. The van der Waals surface area contributed by atoms with Crippen molar-refractivity contribution < 1.29 is 9.59 Å². The SMILES string of the molecule is CC(=O)c1cc(C#N)c(SCC(=O)N2CCc3sccc3[C@@H]2c2cccs2)nc1C. The number of hydrogen-bond donors (Lipinski definition) is 0. The van der Waals surface area contributed by atoms with Gasteiger partial charge in [-0.3, -0.25) is 9.59 Å². The number of ketones is 1. The molecule has 3 aromatic rings. The van der Waals surface area contributed by atoms with Crippen molar-refractivity contribution in [2.45, 2.75) is 31.3 Å². The highest BCUT2D eigenvalue weighted by Gasteiger charge is 2.33. The number of carbonyl (C=O) groups excluding carboxylic acids is 2. The zero-order valence-corrected chi connectivity index (χ0v) is 19.0. The molecular formula is C22H19N3O2S3. The largest absolute Gasteiger partial charge is 0.330 e. The molecule has 0 aromatic carbocycles. The first-order valence-corrected chi connectivity index (χ1v) is 12.2. The molecule has 0 saturated carbocycles. The highest BCUT2D eigenvalue weighted by molar-refractivity contribution is 8.00. The van der Waals surface area contributed by atoms with E-state index in [-0.39, 0.29) is 23.5 Å². The number of Topliss-reactive ketones (excluding diaryl/α,β-unsaturated/α-hetero) is 1. The third-order valence-electron chi connectivity index (χ3n) is 5.11. The molecule has 1 atom stereocenters. The van der Waals surface area contributed by atoms with Gasteiger partial charge in [0.25, 0.3) is 0 Å². The molecule has 3 aromatic heterocycles. The van der Waals surface area contributed by atoms with Gasteiger partial charge in [0, 0.05) is 27.6 Å². The Bertz CT molecular complexity index is 1150. The Morgan fingerprint density at radius 3 is 2.87 bits per heavy atom. The predicted octanol–water partition coefficient (Wildman–Crippen LogP) is 4.85. The third kappa shape index (κ3) is 3.93. The van der Waals surface area contributed by atoms with Gasteiger partial charge in [0.05, 0.1) is 17.4 Å². The molecule has 152 valence electrons. The number of fused-ring (bicyclic) bond motifs is 1. The van der Waals surface area contributed by atoms with Crippen LogP contribution in [0.1, 0.15) is 49.9 Å². The maximum atomic E-state index is 13.2. The molecule has 30 heavy (non-hydrogen) atoms. The summed E-state index contributed by atoms with van der Waals surface area (Å²) in [4.78, 5) is 33.8. The van der Waals surface area contributed by atoms with Crippen molar-refractivity contribution in [3.63, 3.8) is 0 Å². The van der Waals surface area contributed by atoms with E-state index in [0.717, 1.165) is 11.3 Å². The smallest absolute Gasteiger partial charge is 0.233 e. The van der Waals surface area contributed by atoms with Gasteiger partial charge in [0.15, 0.2) is 5.78 Å². The Kier molecular flexibility index (Phi) is 6.04. The fourth-order valence-corrected chi connectivity index (χ4v) is 6.33. The maximum Gasteiger partial charge on any atom is 0.233 e. The average molecular weight is 454 g/mol. The fourth-order valence-electron chi connectivity index (χ4n) is 3.68. The van der Waals surface area contributed by atoms with Gasteiger partial charge in [-0.1, -0.05) is 17.8 Å². The Labute approximate surface area is 187 Å². The molecule has 0 bridgehead atoms. The molecule has 4 rings (SSSR count). The molecule has 0 fully saturated rings.